The van der Waals surface area contributed by atoms with Gasteiger partial charge in [0.25, 0.3) is 0 Å². The lowest BCUT2D eigenvalue weighted by Gasteiger charge is -2.29. The monoisotopic (exact) mass is 256 g/mol. The highest BCUT2D eigenvalue weighted by Crippen LogP contribution is 2.36. The zero-order valence-corrected chi connectivity index (χ0v) is 10.6. The van der Waals surface area contributed by atoms with Crippen LogP contribution in [0, 0.1) is 0 Å². The van der Waals surface area contributed by atoms with Gasteiger partial charge in [-0.1, -0.05) is 6.08 Å². The third-order valence-corrected chi connectivity index (χ3v) is 3.22. The SMILES string of the molecule is CC1(C)C=Cc2c(ccc3c2C(=O)C(O)=CC3=O)O1. The van der Waals surface area contributed by atoms with Gasteiger partial charge in [0.2, 0.25) is 5.78 Å². The number of carbonyl (C=O) groups excluding carboxylic acids is 2. The van der Waals surface area contributed by atoms with Crippen LogP contribution in [-0.4, -0.2) is 22.3 Å². The van der Waals surface area contributed by atoms with E-state index in [0.29, 0.717) is 16.9 Å². The molecule has 0 aromatic heterocycles. The van der Waals surface area contributed by atoms with Gasteiger partial charge in [-0.25, -0.2) is 0 Å². The van der Waals surface area contributed by atoms with Gasteiger partial charge in [0, 0.05) is 22.8 Å². The number of fused-ring (bicyclic) bond motifs is 3. The van der Waals surface area contributed by atoms with Crippen molar-refractivity contribution in [2.75, 3.05) is 0 Å². The number of hydrogen-bond acceptors (Lipinski definition) is 4. The van der Waals surface area contributed by atoms with Crippen LogP contribution in [0.4, 0.5) is 0 Å². The summed E-state index contributed by atoms with van der Waals surface area (Å²) in [5.74, 6) is -0.890. The summed E-state index contributed by atoms with van der Waals surface area (Å²) in [6, 6.07) is 3.24. The number of rotatable bonds is 0. The van der Waals surface area contributed by atoms with Crippen LogP contribution in [0.25, 0.3) is 6.08 Å². The zero-order valence-electron chi connectivity index (χ0n) is 10.6. The highest BCUT2D eigenvalue weighted by atomic mass is 16.5. The molecule has 0 saturated carbocycles. The van der Waals surface area contributed by atoms with E-state index in [2.05, 4.69) is 0 Å². The fourth-order valence-electron chi connectivity index (χ4n) is 2.30. The zero-order chi connectivity index (χ0) is 13.8. The van der Waals surface area contributed by atoms with E-state index < -0.39 is 17.1 Å². The van der Waals surface area contributed by atoms with Gasteiger partial charge >= 0.3 is 0 Å². The number of carbonyl (C=O) groups is 2. The van der Waals surface area contributed by atoms with Crippen LogP contribution in [0.15, 0.2) is 30.0 Å². The van der Waals surface area contributed by atoms with Crippen molar-refractivity contribution in [3.63, 3.8) is 0 Å². The van der Waals surface area contributed by atoms with Gasteiger partial charge in [0.1, 0.15) is 11.4 Å². The Balaban J connectivity index is 2.26. The van der Waals surface area contributed by atoms with Crippen LogP contribution in [0.1, 0.15) is 40.1 Å². The molecule has 1 aromatic carbocycles. The molecular formula is C15H12O4. The first-order chi connectivity index (χ1) is 8.89. The maximum absolute atomic E-state index is 12.0. The number of Topliss-reactive ketones (excluding diaryl/α,β-unsaturated/α-hetero) is 1. The lowest BCUT2D eigenvalue weighted by Crippen LogP contribution is -2.29. The van der Waals surface area contributed by atoms with Crippen LogP contribution in [0.3, 0.4) is 0 Å². The normalized spacial score (nSPS) is 19.4. The van der Waals surface area contributed by atoms with Gasteiger partial charge in [-0.15, -0.1) is 0 Å². The molecule has 96 valence electrons. The minimum atomic E-state index is -0.542. The molecule has 1 heterocycles. The van der Waals surface area contributed by atoms with Crippen LogP contribution < -0.4 is 4.74 Å². The first-order valence-corrected chi connectivity index (χ1v) is 5.94. The van der Waals surface area contributed by atoms with Crippen LogP contribution in [0.5, 0.6) is 5.75 Å². The smallest absolute Gasteiger partial charge is 0.228 e. The minimum Gasteiger partial charge on any atom is -0.504 e. The largest absolute Gasteiger partial charge is 0.504 e. The summed E-state index contributed by atoms with van der Waals surface area (Å²) < 4.78 is 5.75. The second kappa shape index (κ2) is 3.57. The number of hydrogen-bond donors (Lipinski definition) is 1. The van der Waals surface area contributed by atoms with E-state index >= 15 is 0 Å². The number of allylic oxidation sites excluding steroid dienone is 2. The molecule has 0 radical (unpaired) electrons. The Morgan fingerprint density at radius 3 is 2.68 bits per heavy atom. The number of ether oxygens (including phenoxy) is 1. The van der Waals surface area contributed by atoms with E-state index in [0.717, 1.165) is 6.08 Å². The molecule has 4 heteroatoms. The average molecular weight is 256 g/mol. The third kappa shape index (κ3) is 1.68. The molecule has 0 saturated heterocycles. The maximum Gasteiger partial charge on any atom is 0.228 e. The molecule has 1 aliphatic heterocycles. The molecule has 4 nitrogen and oxygen atoms in total. The number of benzene rings is 1. The molecular weight excluding hydrogens is 244 g/mol. The van der Waals surface area contributed by atoms with E-state index in [1.165, 1.54) is 0 Å². The minimum absolute atomic E-state index is 0.217. The summed E-state index contributed by atoms with van der Waals surface area (Å²) in [7, 11) is 0. The van der Waals surface area contributed by atoms with E-state index in [-0.39, 0.29) is 11.3 Å². The molecule has 0 fully saturated rings. The number of aliphatic hydroxyl groups excluding tert-OH is 1. The Morgan fingerprint density at radius 2 is 1.95 bits per heavy atom. The highest BCUT2D eigenvalue weighted by Gasteiger charge is 2.32. The van der Waals surface area contributed by atoms with E-state index in [1.807, 2.05) is 19.9 Å². The maximum atomic E-state index is 12.0. The standard InChI is InChI=1S/C15H12O4/c1-15(2)6-5-9-12(19-15)4-3-8-10(16)7-11(17)14(18)13(8)9/h3-7,17H,1-2H3. The van der Waals surface area contributed by atoms with Crippen LogP contribution in [-0.2, 0) is 0 Å². The van der Waals surface area contributed by atoms with Crippen molar-refractivity contribution in [1.82, 2.24) is 0 Å². The van der Waals surface area contributed by atoms with E-state index in [9.17, 15) is 14.7 Å². The number of aliphatic hydroxyl groups is 1. The van der Waals surface area contributed by atoms with Gasteiger partial charge < -0.3 is 9.84 Å². The Morgan fingerprint density at radius 1 is 1.21 bits per heavy atom. The molecule has 0 spiro atoms. The van der Waals surface area contributed by atoms with Crippen molar-refractivity contribution >= 4 is 17.6 Å². The molecule has 2 aliphatic rings. The molecule has 1 N–H and O–H groups in total. The molecule has 1 aromatic rings. The highest BCUT2D eigenvalue weighted by molar-refractivity contribution is 6.25. The van der Waals surface area contributed by atoms with Crippen molar-refractivity contribution in [3.8, 4) is 5.75 Å². The van der Waals surface area contributed by atoms with E-state index in [4.69, 9.17) is 4.74 Å². The molecule has 0 unspecified atom stereocenters. The summed E-state index contributed by atoms with van der Waals surface area (Å²) in [5, 5.41) is 9.52. The Kier molecular flexibility index (Phi) is 2.20. The fourth-order valence-corrected chi connectivity index (χ4v) is 2.30. The Bertz CT molecular complexity index is 678. The predicted octanol–water partition coefficient (Wildman–Crippen LogP) is 2.69. The Hall–Kier alpha value is -2.36. The summed E-state index contributed by atoms with van der Waals surface area (Å²) in [6.45, 7) is 3.80. The quantitative estimate of drug-likeness (QED) is 0.775. The first kappa shape index (κ1) is 11.7. The second-order valence-corrected chi connectivity index (χ2v) is 5.16. The van der Waals surface area contributed by atoms with Crippen LogP contribution in [0.2, 0.25) is 0 Å². The van der Waals surface area contributed by atoms with Crippen molar-refractivity contribution in [2.24, 2.45) is 0 Å². The van der Waals surface area contributed by atoms with Gasteiger partial charge in [0.15, 0.2) is 11.5 Å². The molecule has 0 amide bonds. The summed E-state index contributed by atoms with van der Waals surface area (Å²) in [6.07, 6.45) is 4.54. The van der Waals surface area contributed by atoms with Gasteiger partial charge in [-0.3, -0.25) is 9.59 Å². The number of ketones is 2. The first-order valence-electron chi connectivity index (χ1n) is 5.94. The van der Waals surface area contributed by atoms with Crippen molar-refractivity contribution in [2.45, 2.75) is 19.4 Å². The topological polar surface area (TPSA) is 63.6 Å². The lowest BCUT2D eigenvalue weighted by atomic mass is 9.87. The predicted molar refractivity (Wildman–Crippen MR) is 69.6 cm³/mol. The summed E-state index contributed by atoms with van der Waals surface area (Å²) in [5.41, 5.74) is 0.611. The lowest BCUT2D eigenvalue weighted by molar-refractivity contribution is 0.0937. The van der Waals surface area contributed by atoms with Gasteiger partial charge in [-0.2, -0.15) is 0 Å². The average Bonchev–Trinajstić information content (AvgIpc) is 2.33. The second-order valence-electron chi connectivity index (χ2n) is 5.16. The summed E-state index contributed by atoms with van der Waals surface area (Å²) in [4.78, 5) is 23.8. The van der Waals surface area contributed by atoms with E-state index in [1.54, 1.807) is 18.2 Å². The van der Waals surface area contributed by atoms with Crippen molar-refractivity contribution in [1.29, 1.82) is 0 Å². The van der Waals surface area contributed by atoms with Crippen molar-refractivity contribution < 1.29 is 19.4 Å². The van der Waals surface area contributed by atoms with Crippen molar-refractivity contribution in [3.05, 3.63) is 46.7 Å². The molecule has 0 bridgehead atoms. The molecule has 0 atom stereocenters. The fraction of sp³-hybridized carbons (Fsp3) is 0.200. The third-order valence-electron chi connectivity index (χ3n) is 3.22. The van der Waals surface area contributed by atoms with Gasteiger partial charge in [0.05, 0.1) is 0 Å². The summed E-state index contributed by atoms with van der Waals surface area (Å²) >= 11 is 0. The molecule has 19 heavy (non-hydrogen) atoms. The molecule has 1 aliphatic carbocycles. The van der Waals surface area contributed by atoms with Crippen LogP contribution >= 0.6 is 0 Å². The van der Waals surface area contributed by atoms with Gasteiger partial charge in [-0.05, 0) is 32.1 Å². The molecule has 3 rings (SSSR count). The Labute approximate surface area is 110 Å².